The van der Waals surface area contributed by atoms with Crippen molar-refractivity contribution in [1.82, 2.24) is 0 Å². The molecule has 0 saturated carbocycles. The molecule has 0 atom stereocenters. The summed E-state index contributed by atoms with van der Waals surface area (Å²) in [7, 11) is 0. The van der Waals surface area contributed by atoms with Crippen molar-refractivity contribution in [2.45, 2.75) is 19.5 Å². The highest BCUT2D eigenvalue weighted by Crippen LogP contribution is 2.32. The molecule has 2 aromatic rings. The summed E-state index contributed by atoms with van der Waals surface area (Å²) < 4.78 is 51.9. The highest BCUT2D eigenvalue weighted by Gasteiger charge is 2.35. The van der Waals surface area contributed by atoms with Crippen LogP contribution in [0.15, 0.2) is 42.5 Å². The smallest absolute Gasteiger partial charge is 0.288 e. The molecule has 2 aromatic carbocycles. The van der Waals surface area contributed by atoms with Gasteiger partial charge in [0.25, 0.3) is 0 Å². The summed E-state index contributed by atoms with van der Waals surface area (Å²) in [4.78, 5) is 12.2. The van der Waals surface area contributed by atoms with Gasteiger partial charge in [-0.2, -0.15) is 13.2 Å². The van der Waals surface area contributed by atoms with Crippen LogP contribution in [0.3, 0.4) is 0 Å². The quantitative estimate of drug-likeness (QED) is 0.596. The van der Waals surface area contributed by atoms with E-state index in [1.165, 1.54) is 6.07 Å². The van der Waals surface area contributed by atoms with Crippen LogP contribution in [0.5, 0.6) is 0 Å². The van der Waals surface area contributed by atoms with E-state index in [1.54, 1.807) is 18.2 Å². The summed E-state index contributed by atoms with van der Waals surface area (Å²) in [5.74, 6) is -2.29. The molecule has 2 rings (SSSR count). The van der Waals surface area contributed by atoms with Crippen LogP contribution in [-0.4, -0.2) is 5.78 Å². The van der Waals surface area contributed by atoms with Crippen molar-refractivity contribution >= 4 is 5.78 Å². The van der Waals surface area contributed by atoms with Gasteiger partial charge in [0.1, 0.15) is 5.82 Å². The van der Waals surface area contributed by atoms with Gasteiger partial charge in [0.2, 0.25) is 0 Å². The maximum Gasteiger partial charge on any atom is 0.419 e. The predicted molar refractivity (Wildman–Crippen MR) is 70.7 cm³/mol. The minimum Gasteiger partial charge on any atom is -0.288 e. The van der Waals surface area contributed by atoms with Crippen LogP contribution < -0.4 is 0 Å². The summed E-state index contributed by atoms with van der Waals surface area (Å²) >= 11 is 0. The average Bonchev–Trinajstić information content (AvgIpc) is 2.45. The number of carbonyl (C=O) groups excluding carboxylic acids is 1. The number of halogens is 4. The molecule has 0 spiro atoms. The van der Waals surface area contributed by atoms with E-state index >= 15 is 0 Å². The molecule has 0 heterocycles. The van der Waals surface area contributed by atoms with Crippen molar-refractivity contribution in [2.75, 3.05) is 0 Å². The van der Waals surface area contributed by atoms with Gasteiger partial charge < -0.3 is 0 Å². The zero-order valence-corrected chi connectivity index (χ0v) is 11.2. The van der Waals surface area contributed by atoms with Crippen LogP contribution in [-0.2, 0) is 12.6 Å². The Bertz CT molecular complexity index is 674. The zero-order chi connectivity index (χ0) is 15.6. The minimum atomic E-state index is -4.83. The van der Waals surface area contributed by atoms with Gasteiger partial charge in [-0.15, -0.1) is 0 Å². The maximum absolute atomic E-state index is 13.9. The Hall–Kier alpha value is -2.17. The van der Waals surface area contributed by atoms with Gasteiger partial charge in [-0.25, -0.2) is 4.39 Å². The molecule has 0 aliphatic heterocycles. The van der Waals surface area contributed by atoms with Crippen LogP contribution >= 0.6 is 0 Å². The number of hydrogen-bond donors (Lipinski definition) is 0. The van der Waals surface area contributed by atoms with Gasteiger partial charge in [-0.05, 0) is 30.2 Å². The number of rotatable bonds is 3. The second kappa shape index (κ2) is 5.68. The number of ketones is 1. The molecular weight excluding hydrogens is 284 g/mol. The molecule has 1 nitrogen and oxygen atoms in total. The lowest BCUT2D eigenvalue weighted by Crippen LogP contribution is -2.13. The van der Waals surface area contributed by atoms with E-state index in [-0.39, 0.29) is 5.56 Å². The molecule has 0 radical (unpaired) electrons. The molecule has 0 N–H and O–H groups in total. The molecule has 110 valence electrons. The number of alkyl halides is 3. The summed E-state index contributed by atoms with van der Waals surface area (Å²) in [6, 6.07) is 9.14. The first-order valence-electron chi connectivity index (χ1n) is 6.34. The van der Waals surface area contributed by atoms with Gasteiger partial charge in [0, 0.05) is 5.56 Å². The lowest BCUT2D eigenvalue weighted by molar-refractivity contribution is -0.140. The van der Waals surface area contributed by atoms with Crippen molar-refractivity contribution < 1.29 is 22.4 Å². The Balaban J connectivity index is 2.49. The van der Waals surface area contributed by atoms with Crippen molar-refractivity contribution in [3.8, 4) is 0 Å². The average molecular weight is 296 g/mol. The first-order valence-corrected chi connectivity index (χ1v) is 6.34. The molecule has 0 saturated heterocycles. The third-order valence-corrected chi connectivity index (χ3v) is 3.15. The Morgan fingerprint density at radius 1 is 1.10 bits per heavy atom. The fourth-order valence-corrected chi connectivity index (χ4v) is 2.01. The molecule has 0 fully saturated rings. The molecule has 0 aliphatic rings. The largest absolute Gasteiger partial charge is 0.419 e. The van der Waals surface area contributed by atoms with Crippen molar-refractivity contribution in [3.63, 3.8) is 0 Å². The number of carbonyl (C=O) groups is 1. The van der Waals surface area contributed by atoms with Gasteiger partial charge in [-0.3, -0.25) is 4.79 Å². The van der Waals surface area contributed by atoms with Crippen LogP contribution in [0, 0.1) is 5.82 Å². The van der Waals surface area contributed by atoms with E-state index < -0.39 is 28.9 Å². The van der Waals surface area contributed by atoms with E-state index in [0.29, 0.717) is 12.5 Å². The SMILES string of the molecule is CCc1cccc(C(=O)c2cccc(C(F)(F)F)c2F)c1. The first-order chi connectivity index (χ1) is 9.84. The van der Waals surface area contributed by atoms with E-state index in [4.69, 9.17) is 0 Å². The second-order valence-electron chi connectivity index (χ2n) is 4.55. The van der Waals surface area contributed by atoms with Crippen molar-refractivity contribution in [3.05, 3.63) is 70.5 Å². The Morgan fingerprint density at radius 2 is 1.76 bits per heavy atom. The van der Waals surface area contributed by atoms with Gasteiger partial charge in [0.05, 0.1) is 11.1 Å². The Morgan fingerprint density at radius 3 is 2.38 bits per heavy atom. The number of hydrogen-bond acceptors (Lipinski definition) is 1. The van der Waals surface area contributed by atoms with Gasteiger partial charge >= 0.3 is 6.18 Å². The monoisotopic (exact) mass is 296 g/mol. The zero-order valence-electron chi connectivity index (χ0n) is 11.2. The van der Waals surface area contributed by atoms with Gasteiger partial charge in [-0.1, -0.05) is 31.2 Å². The maximum atomic E-state index is 13.9. The normalized spacial score (nSPS) is 11.5. The van der Waals surface area contributed by atoms with Crippen molar-refractivity contribution in [1.29, 1.82) is 0 Å². The molecule has 0 aromatic heterocycles. The summed E-state index contributed by atoms with van der Waals surface area (Å²) in [6.45, 7) is 1.88. The minimum absolute atomic E-state index is 0.174. The van der Waals surface area contributed by atoms with Crippen molar-refractivity contribution in [2.24, 2.45) is 0 Å². The predicted octanol–water partition coefficient (Wildman–Crippen LogP) is 4.64. The fraction of sp³-hybridized carbons (Fsp3) is 0.188. The fourth-order valence-electron chi connectivity index (χ4n) is 2.01. The van der Waals surface area contributed by atoms with E-state index in [2.05, 4.69) is 0 Å². The summed E-state index contributed by atoms with van der Waals surface area (Å²) in [5.41, 5.74) is -0.973. The van der Waals surface area contributed by atoms with E-state index in [1.807, 2.05) is 6.92 Å². The standard InChI is InChI=1S/C16H12F4O/c1-2-10-5-3-6-11(9-10)15(21)12-7-4-8-13(14(12)17)16(18,19)20/h3-9H,2H2,1H3. The van der Waals surface area contributed by atoms with Crippen LogP contribution in [0.2, 0.25) is 0 Å². The molecule has 0 aliphatic carbocycles. The lowest BCUT2D eigenvalue weighted by Gasteiger charge is -2.11. The highest BCUT2D eigenvalue weighted by molar-refractivity contribution is 6.09. The number of benzene rings is 2. The number of aryl methyl sites for hydroxylation is 1. The lowest BCUT2D eigenvalue weighted by atomic mass is 9.98. The molecule has 21 heavy (non-hydrogen) atoms. The molecule has 0 amide bonds. The topological polar surface area (TPSA) is 17.1 Å². The molecule has 5 heteroatoms. The summed E-state index contributed by atoms with van der Waals surface area (Å²) in [5, 5.41) is 0. The third kappa shape index (κ3) is 3.12. The van der Waals surface area contributed by atoms with Crippen LogP contribution in [0.4, 0.5) is 17.6 Å². The summed E-state index contributed by atoms with van der Waals surface area (Å²) in [6.07, 6.45) is -4.15. The van der Waals surface area contributed by atoms with E-state index in [9.17, 15) is 22.4 Å². The Labute approximate surface area is 119 Å². The van der Waals surface area contributed by atoms with Crippen LogP contribution in [0.1, 0.15) is 34.0 Å². The third-order valence-electron chi connectivity index (χ3n) is 3.15. The second-order valence-corrected chi connectivity index (χ2v) is 4.55. The van der Waals surface area contributed by atoms with Gasteiger partial charge in [0.15, 0.2) is 5.78 Å². The van der Waals surface area contributed by atoms with Crippen LogP contribution in [0.25, 0.3) is 0 Å². The molecule has 0 bridgehead atoms. The highest BCUT2D eigenvalue weighted by atomic mass is 19.4. The first kappa shape index (κ1) is 15.2. The molecule has 0 unspecified atom stereocenters. The van der Waals surface area contributed by atoms with E-state index in [0.717, 1.165) is 17.7 Å². The Kier molecular flexibility index (Phi) is 4.11. The molecular formula is C16H12F4O.